The quantitative estimate of drug-likeness (QED) is 0.820. The molecule has 6 nitrogen and oxygen atoms in total. The van der Waals surface area contributed by atoms with Crippen molar-refractivity contribution in [1.29, 1.82) is 0 Å². The van der Waals surface area contributed by atoms with E-state index in [0.29, 0.717) is 30.7 Å². The maximum absolute atomic E-state index is 12.7. The van der Waals surface area contributed by atoms with Crippen molar-refractivity contribution >= 4 is 23.4 Å². The number of rotatable bonds is 6. The zero-order valence-electron chi connectivity index (χ0n) is 15.5. The van der Waals surface area contributed by atoms with E-state index in [1.54, 1.807) is 6.07 Å². The third-order valence-electron chi connectivity index (χ3n) is 5.13. The average Bonchev–Trinajstić information content (AvgIpc) is 2.56. The van der Waals surface area contributed by atoms with E-state index in [4.69, 9.17) is 0 Å². The number of carbonyl (C=O) groups excluding carboxylic acids is 3. The molecule has 0 aromatic heterocycles. The first-order valence-electron chi connectivity index (χ1n) is 9.48. The van der Waals surface area contributed by atoms with Gasteiger partial charge in [0.25, 0.3) is 5.91 Å². The molecule has 1 unspecified atom stereocenters. The number of anilines is 1. The van der Waals surface area contributed by atoms with Gasteiger partial charge in [0, 0.05) is 43.2 Å². The highest BCUT2D eigenvalue weighted by Crippen LogP contribution is 2.26. The van der Waals surface area contributed by atoms with Gasteiger partial charge in [0.05, 0.1) is 0 Å². The molecule has 6 heteroatoms. The summed E-state index contributed by atoms with van der Waals surface area (Å²) in [5, 5.41) is 5.90. The van der Waals surface area contributed by atoms with Crippen molar-refractivity contribution in [3.05, 3.63) is 29.3 Å². The number of nitrogens with zero attached hydrogens (tertiary/aromatic N) is 1. The monoisotopic (exact) mass is 357 g/mol. The van der Waals surface area contributed by atoms with Gasteiger partial charge >= 0.3 is 0 Å². The molecule has 3 amide bonds. The number of carbonyl (C=O) groups is 3. The van der Waals surface area contributed by atoms with E-state index in [2.05, 4.69) is 10.6 Å². The molecule has 0 aliphatic carbocycles. The van der Waals surface area contributed by atoms with E-state index < -0.39 is 0 Å². The lowest BCUT2D eigenvalue weighted by Crippen LogP contribution is -2.51. The van der Waals surface area contributed by atoms with Gasteiger partial charge in [0.2, 0.25) is 11.8 Å². The summed E-state index contributed by atoms with van der Waals surface area (Å²) in [5.74, 6) is 0.591. The molecule has 1 aromatic rings. The van der Waals surface area contributed by atoms with Crippen LogP contribution in [0.1, 0.15) is 55.5 Å². The van der Waals surface area contributed by atoms with Crippen LogP contribution in [0.2, 0.25) is 0 Å². The van der Waals surface area contributed by atoms with Gasteiger partial charge in [-0.1, -0.05) is 13.0 Å². The second kappa shape index (κ2) is 7.89. The van der Waals surface area contributed by atoms with Crippen molar-refractivity contribution < 1.29 is 14.4 Å². The molecule has 3 rings (SSSR count). The van der Waals surface area contributed by atoms with Gasteiger partial charge < -0.3 is 15.5 Å². The first-order valence-corrected chi connectivity index (χ1v) is 9.48. The number of benzene rings is 1. The van der Waals surface area contributed by atoms with Gasteiger partial charge in [-0.05, 0) is 49.8 Å². The lowest BCUT2D eigenvalue weighted by Gasteiger charge is -2.40. The molecule has 0 saturated carbocycles. The molecule has 1 fully saturated rings. The van der Waals surface area contributed by atoms with Crippen molar-refractivity contribution in [2.24, 2.45) is 5.92 Å². The molecule has 140 valence electrons. The largest absolute Gasteiger partial charge is 0.350 e. The maximum Gasteiger partial charge on any atom is 0.251 e. The van der Waals surface area contributed by atoms with E-state index in [1.165, 1.54) is 0 Å². The first-order chi connectivity index (χ1) is 12.5. The van der Waals surface area contributed by atoms with Crippen molar-refractivity contribution in [3.63, 3.8) is 0 Å². The number of hydrogen-bond acceptors (Lipinski definition) is 3. The number of fused-ring (bicyclic) bond motifs is 1. The van der Waals surface area contributed by atoms with Crippen molar-refractivity contribution in [1.82, 2.24) is 10.2 Å². The first kappa shape index (κ1) is 18.4. The fourth-order valence-electron chi connectivity index (χ4n) is 3.79. The highest BCUT2D eigenvalue weighted by atomic mass is 16.2. The highest BCUT2D eigenvalue weighted by molar-refractivity contribution is 6.01. The van der Waals surface area contributed by atoms with Gasteiger partial charge in [-0.25, -0.2) is 0 Å². The Hall–Kier alpha value is -2.37. The smallest absolute Gasteiger partial charge is 0.251 e. The molecule has 26 heavy (non-hydrogen) atoms. The van der Waals surface area contributed by atoms with E-state index in [9.17, 15) is 14.4 Å². The van der Waals surface area contributed by atoms with Gasteiger partial charge in [-0.3, -0.25) is 14.4 Å². The summed E-state index contributed by atoms with van der Waals surface area (Å²) in [5.41, 5.74) is 2.30. The Kier molecular flexibility index (Phi) is 5.59. The predicted octanol–water partition coefficient (Wildman–Crippen LogP) is 2.34. The average molecular weight is 357 g/mol. The second-order valence-corrected chi connectivity index (χ2v) is 7.40. The van der Waals surface area contributed by atoms with Gasteiger partial charge in [-0.15, -0.1) is 0 Å². The van der Waals surface area contributed by atoms with Gasteiger partial charge in [0.15, 0.2) is 0 Å². The molecular weight excluding hydrogens is 330 g/mol. The Bertz CT molecular complexity index is 710. The van der Waals surface area contributed by atoms with Crippen LogP contribution in [0.5, 0.6) is 0 Å². The molecule has 0 bridgehead atoms. The Morgan fingerprint density at radius 3 is 2.81 bits per heavy atom. The lowest BCUT2D eigenvalue weighted by atomic mass is 9.92. The predicted molar refractivity (Wildman–Crippen MR) is 99.9 cm³/mol. The van der Waals surface area contributed by atoms with E-state index >= 15 is 0 Å². The molecular formula is C20H27N3O3. The summed E-state index contributed by atoms with van der Waals surface area (Å²) in [4.78, 5) is 37.9. The fraction of sp³-hybridized carbons (Fsp3) is 0.550. The topological polar surface area (TPSA) is 78.5 Å². The molecule has 1 saturated heterocycles. The second-order valence-electron chi connectivity index (χ2n) is 7.40. The molecule has 2 heterocycles. The van der Waals surface area contributed by atoms with Crippen LogP contribution in [0.4, 0.5) is 5.69 Å². The van der Waals surface area contributed by atoms with Crippen LogP contribution in [0, 0.1) is 5.92 Å². The third-order valence-corrected chi connectivity index (χ3v) is 5.13. The van der Waals surface area contributed by atoms with Gasteiger partial charge in [0.1, 0.15) is 0 Å². The van der Waals surface area contributed by atoms with E-state index in [-0.39, 0.29) is 23.8 Å². The van der Waals surface area contributed by atoms with Crippen LogP contribution in [0.15, 0.2) is 18.2 Å². The Labute approximate surface area is 154 Å². The molecule has 2 aliphatic heterocycles. The van der Waals surface area contributed by atoms with Crippen LogP contribution in [0.3, 0.4) is 0 Å². The normalized spacial score (nSPS) is 17.8. The summed E-state index contributed by atoms with van der Waals surface area (Å²) < 4.78 is 0. The number of nitrogens with one attached hydrogen (secondary N) is 2. The van der Waals surface area contributed by atoms with Crippen LogP contribution in [-0.4, -0.2) is 41.8 Å². The SMILES string of the molecule is CCCC(=O)N1CC(CC(C)NC(=O)c2cccc3c2CCC(=O)N3)C1. The summed E-state index contributed by atoms with van der Waals surface area (Å²) >= 11 is 0. The lowest BCUT2D eigenvalue weighted by molar-refractivity contribution is -0.137. The molecule has 0 radical (unpaired) electrons. The standard InChI is InChI=1S/C20H27N3O3/c1-3-5-19(25)23-11-14(12-23)10-13(2)21-20(26)16-6-4-7-17-15(16)8-9-18(24)22-17/h4,6-7,13-14H,3,5,8-12H2,1-2H3,(H,21,26)(H,22,24). The van der Waals surface area contributed by atoms with Crippen molar-refractivity contribution in [2.45, 2.75) is 52.0 Å². The van der Waals surface area contributed by atoms with Crippen molar-refractivity contribution in [3.8, 4) is 0 Å². The zero-order valence-corrected chi connectivity index (χ0v) is 15.5. The summed E-state index contributed by atoms with van der Waals surface area (Å²) in [6.45, 7) is 5.61. The molecule has 1 atom stereocenters. The fourth-order valence-corrected chi connectivity index (χ4v) is 3.79. The molecule has 1 aromatic carbocycles. The third kappa shape index (κ3) is 4.06. The summed E-state index contributed by atoms with van der Waals surface area (Å²) in [6, 6.07) is 5.49. The van der Waals surface area contributed by atoms with E-state index in [1.807, 2.05) is 30.9 Å². The molecule has 2 aliphatic rings. The Morgan fingerprint density at radius 1 is 1.31 bits per heavy atom. The number of hydrogen-bond donors (Lipinski definition) is 2. The minimum Gasteiger partial charge on any atom is -0.350 e. The van der Waals surface area contributed by atoms with E-state index in [0.717, 1.165) is 37.2 Å². The zero-order chi connectivity index (χ0) is 18.7. The van der Waals surface area contributed by atoms with Crippen LogP contribution >= 0.6 is 0 Å². The maximum atomic E-state index is 12.7. The number of likely N-dealkylation sites (tertiary alicyclic amines) is 1. The Balaban J connectivity index is 1.52. The van der Waals surface area contributed by atoms with Gasteiger partial charge in [-0.2, -0.15) is 0 Å². The molecule has 2 N–H and O–H groups in total. The number of amides is 3. The van der Waals surface area contributed by atoms with Crippen LogP contribution in [-0.2, 0) is 16.0 Å². The minimum atomic E-state index is -0.0938. The van der Waals surface area contributed by atoms with Crippen LogP contribution in [0.25, 0.3) is 0 Å². The van der Waals surface area contributed by atoms with Crippen LogP contribution < -0.4 is 10.6 Å². The Morgan fingerprint density at radius 2 is 2.08 bits per heavy atom. The molecule has 0 spiro atoms. The van der Waals surface area contributed by atoms with Crippen molar-refractivity contribution in [2.75, 3.05) is 18.4 Å². The summed E-state index contributed by atoms with van der Waals surface area (Å²) in [7, 11) is 0. The highest BCUT2D eigenvalue weighted by Gasteiger charge is 2.31. The summed E-state index contributed by atoms with van der Waals surface area (Å²) in [6.07, 6.45) is 3.38. The minimum absolute atomic E-state index is 0.00409.